The summed E-state index contributed by atoms with van der Waals surface area (Å²) in [5.41, 5.74) is 0.372. The number of ether oxygens (including phenoxy) is 2. The molecule has 6 heteroatoms. The summed E-state index contributed by atoms with van der Waals surface area (Å²) in [6.07, 6.45) is 2.57. The van der Waals surface area contributed by atoms with Crippen LogP contribution in [0.2, 0.25) is 0 Å². The van der Waals surface area contributed by atoms with Crippen LogP contribution in [0.1, 0.15) is 43.2 Å². The average Bonchev–Trinajstić information content (AvgIpc) is 3.56. The third kappa shape index (κ3) is 4.70. The van der Waals surface area contributed by atoms with Gasteiger partial charge in [-0.05, 0) is 67.0 Å². The Kier molecular flexibility index (Phi) is 5.46. The minimum absolute atomic E-state index is 0.0655. The van der Waals surface area contributed by atoms with Gasteiger partial charge in [-0.25, -0.2) is 4.39 Å². The molecule has 2 aromatic carbocycles. The van der Waals surface area contributed by atoms with Gasteiger partial charge in [0.15, 0.2) is 11.5 Å². The fraction of sp³-hybridized carbons (Fsp3) is 0.435. The fourth-order valence-corrected chi connectivity index (χ4v) is 3.80. The molecule has 2 atom stereocenters. The van der Waals surface area contributed by atoms with Gasteiger partial charge in [-0.3, -0.25) is 4.79 Å². The standard InChI is InChI=1S/C23H26FNO4/c1-23(27,17-5-7-18(24)8-6-17)14-25-22(26)13-19(15-2-3-15)16-4-9-20-21(12-16)29-11-10-28-20/h4-9,12,15,19,27H,2-3,10-11,13-14H2,1H3,(H,25,26). The van der Waals surface area contributed by atoms with E-state index in [2.05, 4.69) is 5.32 Å². The van der Waals surface area contributed by atoms with Crippen molar-refractivity contribution in [1.82, 2.24) is 5.32 Å². The zero-order chi connectivity index (χ0) is 20.4. The normalized spacial score (nSPS) is 18.6. The second-order valence-electron chi connectivity index (χ2n) is 8.11. The van der Waals surface area contributed by atoms with E-state index < -0.39 is 5.60 Å². The second kappa shape index (κ2) is 8.03. The summed E-state index contributed by atoms with van der Waals surface area (Å²) in [5.74, 6) is 1.61. The number of nitrogens with one attached hydrogen (secondary N) is 1. The molecule has 1 aliphatic heterocycles. The number of amides is 1. The van der Waals surface area contributed by atoms with Crippen molar-refractivity contribution < 1.29 is 23.8 Å². The molecule has 0 radical (unpaired) electrons. The summed E-state index contributed by atoms with van der Waals surface area (Å²) >= 11 is 0. The Morgan fingerprint density at radius 1 is 1.17 bits per heavy atom. The predicted molar refractivity (Wildman–Crippen MR) is 106 cm³/mol. The van der Waals surface area contributed by atoms with Crippen molar-refractivity contribution in [3.63, 3.8) is 0 Å². The summed E-state index contributed by atoms with van der Waals surface area (Å²) < 4.78 is 24.4. The number of rotatable bonds is 7. The van der Waals surface area contributed by atoms with Crippen LogP contribution in [0.3, 0.4) is 0 Å². The van der Waals surface area contributed by atoms with Gasteiger partial charge in [0.25, 0.3) is 0 Å². The number of aliphatic hydroxyl groups is 1. The molecule has 0 bridgehead atoms. The van der Waals surface area contributed by atoms with E-state index in [0.29, 0.717) is 31.1 Å². The maximum atomic E-state index is 13.1. The minimum atomic E-state index is -1.27. The van der Waals surface area contributed by atoms with Gasteiger partial charge in [0.05, 0.1) is 6.54 Å². The molecule has 0 aromatic heterocycles. The van der Waals surface area contributed by atoms with Crippen molar-refractivity contribution in [1.29, 1.82) is 0 Å². The fourth-order valence-electron chi connectivity index (χ4n) is 3.80. The van der Waals surface area contributed by atoms with Gasteiger partial charge < -0.3 is 19.9 Å². The second-order valence-corrected chi connectivity index (χ2v) is 8.11. The molecule has 2 N–H and O–H groups in total. The smallest absolute Gasteiger partial charge is 0.220 e. The SMILES string of the molecule is CC(O)(CNC(=O)CC(c1ccc2c(c1)OCCO2)C1CC1)c1ccc(F)cc1. The first kappa shape index (κ1) is 19.7. The van der Waals surface area contributed by atoms with E-state index >= 15 is 0 Å². The van der Waals surface area contributed by atoms with Crippen molar-refractivity contribution >= 4 is 5.91 Å². The van der Waals surface area contributed by atoms with Crippen LogP contribution in [0.25, 0.3) is 0 Å². The molecule has 0 saturated heterocycles. The van der Waals surface area contributed by atoms with Gasteiger partial charge >= 0.3 is 0 Å². The van der Waals surface area contributed by atoms with Crippen LogP contribution in [0, 0.1) is 11.7 Å². The van der Waals surface area contributed by atoms with E-state index in [4.69, 9.17) is 9.47 Å². The van der Waals surface area contributed by atoms with Gasteiger partial charge in [-0.2, -0.15) is 0 Å². The number of hydrogen-bond acceptors (Lipinski definition) is 4. The molecule has 1 amide bonds. The molecule has 2 aromatic rings. The molecule has 1 aliphatic carbocycles. The maximum absolute atomic E-state index is 13.1. The molecule has 154 valence electrons. The molecule has 1 fully saturated rings. The number of hydrogen-bond donors (Lipinski definition) is 2. The average molecular weight is 399 g/mol. The molecular weight excluding hydrogens is 373 g/mol. The first-order valence-corrected chi connectivity index (χ1v) is 10.1. The first-order chi connectivity index (χ1) is 13.9. The van der Waals surface area contributed by atoms with E-state index in [1.807, 2.05) is 18.2 Å². The maximum Gasteiger partial charge on any atom is 0.220 e. The number of halogens is 1. The molecule has 29 heavy (non-hydrogen) atoms. The first-order valence-electron chi connectivity index (χ1n) is 10.1. The Balaban J connectivity index is 1.40. The van der Waals surface area contributed by atoms with Crippen LogP contribution in [0.4, 0.5) is 4.39 Å². The lowest BCUT2D eigenvalue weighted by atomic mass is 9.90. The zero-order valence-electron chi connectivity index (χ0n) is 16.5. The highest BCUT2D eigenvalue weighted by atomic mass is 19.1. The van der Waals surface area contributed by atoms with Crippen molar-refractivity contribution in [2.75, 3.05) is 19.8 Å². The van der Waals surface area contributed by atoms with Crippen LogP contribution in [0.5, 0.6) is 11.5 Å². The van der Waals surface area contributed by atoms with E-state index in [1.165, 1.54) is 24.3 Å². The molecular formula is C23H26FNO4. The Morgan fingerprint density at radius 2 is 1.86 bits per heavy atom. The molecule has 5 nitrogen and oxygen atoms in total. The van der Waals surface area contributed by atoms with E-state index in [0.717, 1.165) is 29.9 Å². The zero-order valence-corrected chi connectivity index (χ0v) is 16.5. The highest BCUT2D eigenvalue weighted by Crippen LogP contribution is 2.46. The van der Waals surface area contributed by atoms with Crippen LogP contribution in [-0.2, 0) is 10.4 Å². The molecule has 1 saturated carbocycles. The van der Waals surface area contributed by atoms with E-state index in [1.54, 1.807) is 6.92 Å². The Morgan fingerprint density at radius 3 is 2.55 bits per heavy atom. The Hall–Kier alpha value is -2.60. The summed E-state index contributed by atoms with van der Waals surface area (Å²) in [6.45, 7) is 2.76. The topological polar surface area (TPSA) is 67.8 Å². The van der Waals surface area contributed by atoms with Crippen molar-refractivity contribution in [2.24, 2.45) is 5.92 Å². The quantitative estimate of drug-likeness (QED) is 0.748. The number of carbonyl (C=O) groups is 1. The van der Waals surface area contributed by atoms with Crippen molar-refractivity contribution in [2.45, 2.75) is 37.7 Å². The lowest BCUT2D eigenvalue weighted by Gasteiger charge is -2.25. The predicted octanol–water partition coefficient (Wildman–Crippen LogP) is 3.50. The van der Waals surface area contributed by atoms with Crippen LogP contribution >= 0.6 is 0 Å². The van der Waals surface area contributed by atoms with Gasteiger partial charge in [0.1, 0.15) is 24.6 Å². The van der Waals surface area contributed by atoms with E-state index in [9.17, 15) is 14.3 Å². The van der Waals surface area contributed by atoms with Gasteiger partial charge in [0.2, 0.25) is 5.91 Å². The van der Waals surface area contributed by atoms with Crippen molar-refractivity contribution in [3.05, 3.63) is 59.4 Å². The third-order valence-corrected chi connectivity index (χ3v) is 5.69. The van der Waals surface area contributed by atoms with Gasteiger partial charge in [-0.1, -0.05) is 18.2 Å². The Labute approximate surface area is 169 Å². The van der Waals surface area contributed by atoms with Gasteiger partial charge in [0, 0.05) is 6.42 Å². The largest absolute Gasteiger partial charge is 0.486 e. The highest BCUT2D eigenvalue weighted by Gasteiger charge is 2.35. The third-order valence-electron chi connectivity index (χ3n) is 5.69. The molecule has 1 heterocycles. The number of fused-ring (bicyclic) bond motifs is 1. The number of benzene rings is 2. The lowest BCUT2D eigenvalue weighted by molar-refractivity contribution is -0.122. The summed E-state index contributed by atoms with van der Waals surface area (Å²) in [4.78, 5) is 12.6. The lowest BCUT2D eigenvalue weighted by Crippen LogP contribution is -2.39. The number of carbonyl (C=O) groups excluding carboxylic acids is 1. The molecule has 2 aliphatic rings. The van der Waals surface area contributed by atoms with Crippen LogP contribution < -0.4 is 14.8 Å². The van der Waals surface area contributed by atoms with E-state index in [-0.39, 0.29) is 24.2 Å². The van der Waals surface area contributed by atoms with Crippen LogP contribution in [0.15, 0.2) is 42.5 Å². The van der Waals surface area contributed by atoms with Crippen molar-refractivity contribution in [3.8, 4) is 11.5 Å². The summed E-state index contributed by atoms with van der Waals surface area (Å²) in [5, 5.41) is 13.5. The Bertz CT molecular complexity index is 877. The van der Waals surface area contributed by atoms with Gasteiger partial charge in [-0.15, -0.1) is 0 Å². The summed E-state index contributed by atoms with van der Waals surface area (Å²) in [6, 6.07) is 11.6. The molecule has 2 unspecified atom stereocenters. The summed E-state index contributed by atoms with van der Waals surface area (Å²) in [7, 11) is 0. The minimum Gasteiger partial charge on any atom is -0.486 e. The van der Waals surface area contributed by atoms with Crippen LogP contribution in [-0.4, -0.2) is 30.8 Å². The monoisotopic (exact) mass is 399 g/mol. The molecule has 0 spiro atoms. The molecule has 4 rings (SSSR count). The highest BCUT2D eigenvalue weighted by molar-refractivity contribution is 5.77.